The number of hydrogen-bond donors (Lipinski definition) is 1. The molecule has 5 rings (SSSR count). The Morgan fingerprint density at radius 3 is 2.54 bits per heavy atom. The highest BCUT2D eigenvalue weighted by molar-refractivity contribution is 7.07. The summed E-state index contributed by atoms with van der Waals surface area (Å²) in [5.41, 5.74) is 10.7. The lowest BCUT2D eigenvalue weighted by molar-refractivity contribution is 0.415. The minimum Gasteiger partial charge on any atom is -0.497 e. The molecule has 2 aromatic heterocycles. The van der Waals surface area contributed by atoms with Gasteiger partial charge in [-0.25, -0.2) is 15.0 Å². The Labute approximate surface area is 210 Å². The quantitative estimate of drug-likeness (QED) is 0.247. The van der Waals surface area contributed by atoms with E-state index in [9.17, 15) is 0 Å². The summed E-state index contributed by atoms with van der Waals surface area (Å²) in [5.74, 6) is 1.23. The Bertz CT molecular complexity index is 1610. The standard InChI is InChI=1S/C26H21ClN6OS/c1-16-21-14-20(34-2)12-13-22(21)31-25(29-16)32-24(28)33-23(17-6-4-3-5-7-17)15-35-26(33)30-19-10-8-18(27)9-11-19/h3-15H,1-2H3,(H2,28,29,31,32). The third-order valence-corrected chi connectivity index (χ3v) is 6.43. The minimum atomic E-state index is 0.213. The zero-order valence-corrected chi connectivity index (χ0v) is 20.6. The summed E-state index contributed by atoms with van der Waals surface area (Å²) >= 11 is 7.50. The van der Waals surface area contributed by atoms with Gasteiger partial charge in [-0.3, -0.25) is 4.57 Å². The second kappa shape index (κ2) is 9.69. The van der Waals surface area contributed by atoms with E-state index in [4.69, 9.17) is 27.1 Å². The van der Waals surface area contributed by atoms with Gasteiger partial charge in [-0.15, -0.1) is 11.3 Å². The van der Waals surface area contributed by atoms with Crippen LogP contribution in [-0.2, 0) is 0 Å². The van der Waals surface area contributed by atoms with Crippen LogP contribution in [0.5, 0.6) is 5.75 Å². The van der Waals surface area contributed by atoms with Crippen LogP contribution in [0.25, 0.3) is 22.2 Å². The highest BCUT2D eigenvalue weighted by Crippen LogP contribution is 2.24. The van der Waals surface area contributed by atoms with Gasteiger partial charge in [0.15, 0.2) is 4.80 Å². The average molecular weight is 501 g/mol. The van der Waals surface area contributed by atoms with Crippen molar-refractivity contribution < 1.29 is 4.74 Å². The maximum Gasteiger partial charge on any atom is 0.253 e. The maximum absolute atomic E-state index is 6.57. The molecule has 2 N–H and O–H groups in total. The number of rotatable bonds is 4. The first-order valence-electron chi connectivity index (χ1n) is 10.7. The Balaban J connectivity index is 1.66. The van der Waals surface area contributed by atoms with Crippen LogP contribution in [0.15, 0.2) is 88.2 Å². The molecule has 0 atom stereocenters. The number of fused-ring (bicyclic) bond motifs is 1. The van der Waals surface area contributed by atoms with Crippen LogP contribution in [0.1, 0.15) is 5.69 Å². The lowest BCUT2D eigenvalue weighted by Gasteiger charge is -2.09. The summed E-state index contributed by atoms with van der Waals surface area (Å²) in [6, 6.07) is 22.9. The number of nitrogens with two attached hydrogens (primary N) is 1. The largest absolute Gasteiger partial charge is 0.497 e. The molecule has 0 saturated heterocycles. The topological polar surface area (TPSA) is 90.7 Å². The van der Waals surface area contributed by atoms with E-state index >= 15 is 0 Å². The predicted octanol–water partition coefficient (Wildman–Crippen LogP) is 5.86. The van der Waals surface area contributed by atoms with Gasteiger partial charge in [-0.05, 0) is 55.0 Å². The predicted molar refractivity (Wildman–Crippen MR) is 142 cm³/mol. The number of hydrogen-bond acceptors (Lipinski definition) is 6. The van der Waals surface area contributed by atoms with Crippen LogP contribution < -0.4 is 15.3 Å². The molecule has 2 heterocycles. The van der Waals surface area contributed by atoms with Crippen molar-refractivity contribution in [3.05, 3.63) is 93.7 Å². The number of ether oxygens (including phenoxy) is 1. The average Bonchev–Trinajstić information content (AvgIpc) is 3.29. The number of aromatic nitrogens is 3. The number of benzene rings is 3. The highest BCUT2D eigenvalue weighted by Gasteiger charge is 2.13. The Kier molecular flexibility index (Phi) is 6.31. The molecule has 0 unspecified atom stereocenters. The molecule has 3 aromatic carbocycles. The molecule has 7 nitrogen and oxygen atoms in total. The molecule has 0 saturated carbocycles. The van der Waals surface area contributed by atoms with Crippen LogP contribution in [0.4, 0.5) is 11.6 Å². The van der Waals surface area contributed by atoms with Crippen LogP contribution >= 0.6 is 22.9 Å². The van der Waals surface area contributed by atoms with Gasteiger partial charge >= 0.3 is 0 Å². The molecule has 0 bridgehead atoms. The van der Waals surface area contributed by atoms with Crippen molar-refractivity contribution in [2.45, 2.75) is 6.92 Å². The summed E-state index contributed by atoms with van der Waals surface area (Å²) in [5, 5.41) is 3.55. The number of thiazole rings is 1. The molecule has 5 aromatic rings. The molecule has 0 spiro atoms. The van der Waals surface area contributed by atoms with E-state index in [0.29, 0.717) is 9.82 Å². The number of halogens is 1. The molecule has 0 aliphatic heterocycles. The molecule has 174 valence electrons. The third-order valence-electron chi connectivity index (χ3n) is 5.35. The van der Waals surface area contributed by atoms with Crippen molar-refractivity contribution >= 4 is 51.4 Å². The number of nitrogens with zero attached hydrogens (tertiary/aromatic N) is 5. The van der Waals surface area contributed by atoms with Crippen LogP contribution in [0.2, 0.25) is 5.02 Å². The van der Waals surface area contributed by atoms with Crippen LogP contribution in [0, 0.1) is 6.92 Å². The van der Waals surface area contributed by atoms with Gasteiger partial charge in [0.05, 0.1) is 29.7 Å². The van der Waals surface area contributed by atoms with E-state index in [1.54, 1.807) is 19.2 Å². The first-order chi connectivity index (χ1) is 17.0. The van der Waals surface area contributed by atoms with Gasteiger partial charge in [-0.2, -0.15) is 4.99 Å². The molecule has 9 heteroatoms. The van der Waals surface area contributed by atoms with Crippen molar-refractivity contribution in [2.75, 3.05) is 7.11 Å². The lowest BCUT2D eigenvalue weighted by atomic mass is 10.2. The fourth-order valence-corrected chi connectivity index (χ4v) is 4.66. The van der Waals surface area contributed by atoms with Crippen molar-refractivity contribution in [1.29, 1.82) is 0 Å². The van der Waals surface area contributed by atoms with Gasteiger partial charge in [0.1, 0.15) is 5.75 Å². The summed E-state index contributed by atoms with van der Waals surface area (Å²) in [4.78, 5) is 19.2. The molecular weight excluding hydrogens is 480 g/mol. The van der Waals surface area contributed by atoms with E-state index in [1.165, 1.54) is 11.3 Å². The first kappa shape index (κ1) is 22.8. The van der Waals surface area contributed by atoms with Crippen molar-refractivity contribution in [1.82, 2.24) is 14.5 Å². The van der Waals surface area contributed by atoms with Gasteiger partial charge in [-0.1, -0.05) is 41.9 Å². The molecule has 0 aliphatic rings. The van der Waals surface area contributed by atoms with Gasteiger partial charge in [0.25, 0.3) is 5.95 Å². The number of methoxy groups -OCH3 is 1. The first-order valence-corrected chi connectivity index (χ1v) is 12.0. The molecule has 0 amide bonds. The van der Waals surface area contributed by atoms with Gasteiger partial charge < -0.3 is 10.5 Å². The molecule has 0 aliphatic carbocycles. The van der Waals surface area contributed by atoms with Gasteiger partial charge in [0.2, 0.25) is 5.96 Å². The van der Waals surface area contributed by atoms with E-state index < -0.39 is 0 Å². The molecule has 35 heavy (non-hydrogen) atoms. The lowest BCUT2D eigenvalue weighted by Crippen LogP contribution is -2.31. The number of aliphatic imine (C=N–C) groups is 1. The minimum absolute atomic E-state index is 0.213. The smallest absolute Gasteiger partial charge is 0.253 e. The van der Waals surface area contributed by atoms with Crippen molar-refractivity contribution in [3.8, 4) is 17.0 Å². The monoisotopic (exact) mass is 500 g/mol. The highest BCUT2D eigenvalue weighted by atomic mass is 35.5. The fraction of sp³-hybridized carbons (Fsp3) is 0.0769. The summed E-state index contributed by atoms with van der Waals surface area (Å²) in [6.45, 7) is 1.91. The Morgan fingerprint density at radius 2 is 1.80 bits per heavy atom. The van der Waals surface area contributed by atoms with Gasteiger partial charge in [0, 0.05) is 15.8 Å². The van der Waals surface area contributed by atoms with E-state index in [-0.39, 0.29) is 11.9 Å². The zero-order valence-electron chi connectivity index (χ0n) is 19.0. The SMILES string of the molecule is COc1ccc2nc(/N=C(\N)n3c(-c4ccccc4)csc3=Nc3ccc(Cl)cc3)nc(C)c2c1. The second-order valence-corrected chi connectivity index (χ2v) is 8.93. The summed E-state index contributed by atoms with van der Waals surface area (Å²) in [6.07, 6.45) is 0. The number of aryl methyl sites for hydroxylation is 1. The Hall–Kier alpha value is -4.01. The van der Waals surface area contributed by atoms with Crippen molar-refractivity contribution in [2.24, 2.45) is 15.7 Å². The zero-order chi connectivity index (χ0) is 24.4. The fourth-order valence-electron chi connectivity index (χ4n) is 3.62. The molecule has 0 fully saturated rings. The molecule has 0 radical (unpaired) electrons. The maximum atomic E-state index is 6.57. The normalized spacial score (nSPS) is 12.3. The van der Waals surface area contributed by atoms with E-state index in [2.05, 4.69) is 15.0 Å². The van der Waals surface area contributed by atoms with Crippen molar-refractivity contribution in [3.63, 3.8) is 0 Å². The summed E-state index contributed by atoms with van der Waals surface area (Å²) in [7, 11) is 1.63. The Morgan fingerprint density at radius 1 is 1.03 bits per heavy atom. The second-order valence-electron chi connectivity index (χ2n) is 7.66. The summed E-state index contributed by atoms with van der Waals surface area (Å²) < 4.78 is 7.13. The van der Waals surface area contributed by atoms with E-state index in [0.717, 1.165) is 39.3 Å². The molecular formula is C26H21ClN6OS. The van der Waals surface area contributed by atoms with Crippen LogP contribution in [0.3, 0.4) is 0 Å². The third kappa shape index (κ3) is 4.80. The van der Waals surface area contributed by atoms with E-state index in [1.807, 2.05) is 77.5 Å². The van der Waals surface area contributed by atoms with Crippen LogP contribution in [-0.4, -0.2) is 27.6 Å².